The number of carbonyl (C=O) groups is 2. The number of aliphatic hydroxyl groups excluding tert-OH is 3. The number of aliphatic hydroxyl groups is 3. The molecule has 2 heterocycles. The Bertz CT molecular complexity index is 1170. The van der Waals surface area contributed by atoms with Gasteiger partial charge in [-0.3, -0.25) is 4.79 Å². The highest BCUT2D eigenvalue weighted by Gasteiger charge is 2.43. The van der Waals surface area contributed by atoms with Crippen molar-refractivity contribution in [3.63, 3.8) is 0 Å². The lowest BCUT2D eigenvalue weighted by molar-refractivity contribution is -0.0218. The maximum Gasteiger partial charge on any atom is 0.355 e. The van der Waals surface area contributed by atoms with Crippen molar-refractivity contribution in [1.82, 2.24) is 10.3 Å². The number of amides is 1. The minimum atomic E-state index is -1.52. The van der Waals surface area contributed by atoms with Crippen LogP contribution in [0.5, 0.6) is 0 Å². The number of fused-ring (bicyclic) bond motifs is 1. The molecule has 8 nitrogen and oxygen atoms in total. The van der Waals surface area contributed by atoms with Gasteiger partial charge in [0.05, 0.1) is 13.2 Å². The molecule has 4 atom stereocenters. The molecule has 0 saturated carbocycles. The zero-order valence-corrected chi connectivity index (χ0v) is 17.8. The first-order valence-electron chi connectivity index (χ1n) is 10.4. The molecule has 0 saturated heterocycles. The zero-order chi connectivity index (χ0) is 23.5. The third-order valence-corrected chi connectivity index (χ3v) is 5.65. The Balaban J connectivity index is 1.71. The Kier molecular flexibility index (Phi) is 6.41. The van der Waals surface area contributed by atoms with Crippen LogP contribution in [-0.4, -0.2) is 57.5 Å². The van der Waals surface area contributed by atoms with Crippen LogP contribution in [0.2, 0.25) is 0 Å². The maximum atomic E-state index is 12.8. The van der Waals surface area contributed by atoms with Gasteiger partial charge < -0.3 is 30.4 Å². The quantitative estimate of drug-likeness (QED) is 0.367. The first kappa shape index (κ1) is 22.5. The molecule has 1 amide bonds. The van der Waals surface area contributed by atoms with Crippen LogP contribution in [-0.2, 0) is 4.74 Å². The van der Waals surface area contributed by atoms with E-state index in [0.29, 0.717) is 11.1 Å². The summed E-state index contributed by atoms with van der Waals surface area (Å²) in [5.74, 6) is -1.32. The third kappa shape index (κ3) is 4.31. The van der Waals surface area contributed by atoms with Crippen molar-refractivity contribution < 1.29 is 29.6 Å². The van der Waals surface area contributed by atoms with Crippen molar-refractivity contribution in [3.05, 3.63) is 89.3 Å². The van der Waals surface area contributed by atoms with Crippen molar-refractivity contribution in [1.29, 1.82) is 0 Å². The number of carbonyl (C=O) groups excluding carboxylic acids is 2. The molecule has 170 valence electrons. The monoisotopic (exact) mass is 448 g/mol. The summed E-state index contributed by atoms with van der Waals surface area (Å²) in [5, 5.41) is 35.0. The van der Waals surface area contributed by atoms with Crippen molar-refractivity contribution >= 4 is 18.0 Å². The van der Waals surface area contributed by atoms with Crippen molar-refractivity contribution in [2.45, 2.75) is 24.4 Å². The molecule has 33 heavy (non-hydrogen) atoms. The van der Waals surface area contributed by atoms with Crippen LogP contribution in [0.4, 0.5) is 0 Å². The van der Waals surface area contributed by atoms with E-state index < -0.39 is 36.2 Å². The van der Waals surface area contributed by atoms with E-state index in [4.69, 9.17) is 4.74 Å². The number of methoxy groups -OCH3 is 1. The number of hydrogen-bond donors (Lipinski definition) is 5. The van der Waals surface area contributed by atoms with Gasteiger partial charge in [0.25, 0.3) is 5.91 Å². The lowest BCUT2D eigenvalue weighted by Gasteiger charge is -2.34. The molecule has 0 bridgehead atoms. The lowest BCUT2D eigenvalue weighted by atomic mass is 9.86. The van der Waals surface area contributed by atoms with Crippen molar-refractivity contribution in [2.24, 2.45) is 0 Å². The Labute approximate surface area is 190 Å². The number of hydrogen-bond acceptors (Lipinski definition) is 6. The maximum absolute atomic E-state index is 12.8. The van der Waals surface area contributed by atoms with Crippen molar-refractivity contribution in [3.8, 4) is 11.1 Å². The van der Waals surface area contributed by atoms with Crippen LogP contribution in [0.3, 0.4) is 0 Å². The van der Waals surface area contributed by atoms with E-state index >= 15 is 0 Å². The van der Waals surface area contributed by atoms with Gasteiger partial charge in [-0.2, -0.15) is 0 Å². The van der Waals surface area contributed by atoms with Gasteiger partial charge in [0.15, 0.2) is 0 Å². The third-order valence-electron chi connectivity index (χ3n) is 5.65. The van der Waals surface area contributed by atoms with Crippen LogP contribution in [0.1, 0.15) is 38.2 Å². The number of aromatic nitrogens is 1. The predicted octanol–water partition coefficient (Wildman–Crippen LogP) is 2.05. The van der Waals surface area contributed by atoms with E-state index in [-0.39, 0.29) is 17.0 Å². The van der Waals surface area contributed by atoms with E-state index in [1.54, 1.807) is 36.4 Å². The van der Waals surface area contributed by atoms with Gasteiger partial charge in [-0.15, -0.1) is 0 Å². The Hall–Kier alpha value is -3.72. The summed E-state index contributed by atoms with van der Waals surface area (Å²) >= 11 is 0. The van der Waals surface area contributed by atoms with Crippen LogP contribution in [0, 0.1) is 0 Å². The standard InChI is InChI=1S/C25H24N2O6/c1-33-25(32)20-17(15-10-6-3-7-11-15)18-19(26-20)24(31)27-21(23(18)30)22(29)16(28)13-12-14-8-4-2-5-9-14/h2-13,16,21-23,26,28-30H,1H3,(H,27,31). The van der Waals surface area contributed by atoms with E-state index in [1.807, 2.05) is 30.3 Å². The molecule has 5 N–H and O–H groups in total. The van der Waals surface area contributed by atoms with Gasteiger partial charge >= 0.3 is 5.97 Å². The normalized spacial score (nSPS) is 19.6. The number of nitrogens with one attached hydrogen (secondary N) is 2. The van der Waals surface area contributed by atoms with Crippen LogP contribution < -0.4 is 5.32 Å². The molecule has 4 rings (SSSR count). The molecule has 0 fully saturated rings. The Morgan fingerprint density at radius 3 is 2.33 bits per heavy atom. The molecule has 2 aromatic carbocycles. The number of esters is 1. The molecule has 3 aromatic rings. The van der Waals surface area contributed by atoms with Gasteiger partial charge in [0, 0.05) is 11.1 Å². The van der Waals surface area contributed by atoms with E-state index in [0.717, 1.165) is 5.56 Å². The van der Waals surface area contributed by atoms with Crippen molar-refractivity contribution in [2.75, 3.05) is 7.11 Å². The first-order chi connectivity index (χ1) is 15.9. The second-order valence-electron chi connectivity index (χ2n) is 7.72. The Morgan fingerprint density at radius 1 is 1.06 bits per heavy atom. The fraction of sp³-hybridized carbons (Fsp3) is 0.200. The topological polar surface area (TPSA) is 132 Å². The summed E-state index contributed by atoms with van der Waals surface area (Å²) < 4.78 is 4.85. The number of aromatic amines is 1. The SMILES string of the molecule is COC(=O)c1[nH]c2c(c1-c1ccccc1)C(O)C(C(O)C(O)C=Cc1ccccc1)NC2=O. The van der Waals surface area contributed by atoms with Crippen LogP contribution >= 0.6 is 0 Å². The summed E-state index contributed by atoms with van der Waals surface area (Å²) in [5.41, 5.74) is 1.89. The fourth-order valence-electron chi connectivity index (χ4n) is 4.00. The minimum Gasteiger partial charge on any atom is -0.464 e. The van der Waals surface area contributed by atoms with E-state index in [1.165, 1.54) is 13.2 Å². The molecule has 8 heteroatoms. The lowest BCUT2D eigenvalue weighted by Crippen LogP contribution is -2.54. The highest BCUT2D eigenvalue weighted by molar-refractivity contribution is 6.04. The number of H-pyrrole nitrogens is 1. The average Bonchev–Trinajstić information content (AvgIpc) is 3.26. The summed E-state index contributed by atoms with van der Waals surface area (Å²) in [4.78, 5) is 28.0. The van der Waals surface area contributed by atoms with E-state index in [2.05, 4.69) is 10.3 Å². The molecule has 1 aliphatic rings. The first-order valence-corrected chi connectivity index (χ1v) is 10.4. The second-order valence-corrected chi connectivity index (χ2v) is 7.72. The molecular weight excluding hydrogens is 424 g/mol. The molecule has 0 spiro atoms. The molecule has 4 unspecified atom stereocenters. The molecular formula is C25H24N2O6. The molecule has 0 aliphatic carbocycles. The van der Waals surface area contributed by atoms with Gasteiger partial charge in [0.2, 0.25) is 0 Å². The molecule has 0 radical (unpaired) electrons. The smallest absolute Gasteiger partial charge is 0.355 e. The summed E-state index contributed by atoms with van der Waals surface area (Å²) in [6, 6.07) is 16.8. The van der Waals surface area contributed by atoms with E-state index in [9.17, 15) is 24.9 Å². The highest BCUT2D eigenvalue weighted by Crippen LogP contribution is 2.39. The summed E-state index contributed by atoms with van der Waals surface area (Å²) in [6.07, 6.45) is -1.26. The minimum absolute atomic E-state index is 0.000444. The summed E-state index contributed by atoms with van der Waals surface area (Å²) in [7, 11) is 1.22. The number of ether oxygens (including phenoxy) is 1. The van der Waals surface area contributed by atoms with Crippen LogP contribution in [0.25, 0.3) is 17.2 Å². The van der Waals surface area contributed by atoms with Gasteiger partial charge in [0.1, 0.15) is 29.7 Å². The van der Waals surface area contributed by atoms with Gasteiger partial charge in [-0.1, -0.05) is 72.8 Å². The number of rotatable bonds is 6. The fourth-order valence-corrected chi connectivity index (χ4v) is 4.00. The zero-order valence-electron chi connectivity index (χ0n) is 17.8. The van der Waals surface area contributed by atoms with Crippen LogP contribution in [0.15, 0.2) is 66.7 Å². The summed E-state index contributed by atoms with van der Waals surface area (Å²) in [6.45, 7) is 0. The van der Waals surface area contributed by atoms with Gasteiger partial charge in [-0.05, 0) is 11.1 Å². The second kappa shape index (κ2) is 9.41. The Morgan fingerprint density at radius 2 is 1.70 bits per heavy atom. The molecule has 1 aromatic heterocycles. The predicted molar refractivity (Wildman–Crippen MR) is 121 cm³/mol. The number of benzene rings is 2. The van der Waals surface area contributed by atoms with Gasteiger partial charge in [-0.25, -0.2) is 4.79 Å². The highest BCUT2D eigenvalue weighted by atomic mass is 16.5. The molecule has 1 aliphatic heterocycles. The average molecular weight is 448 g/mol. The largest absolute Gasteiger partial charge is 0.464 e.